The maximum atomic E-state index is 12.8. The minimum absolute atomic E-state index is 0.237. The Hall–Kier alpha value is -1.67. The van der Waals surface area contributed by atoms with Crippen molar-refractivity contribution in [3.05, 3.63) is 35.6 Å². The zero-order chi connectivity index (χ0) is 17.1. The van der Waals surface area contributed by atoms with Crippen LogP contribution >= 0.6 is 0 Å². The molecule has 1 aromatic rings. The van der Waals surface area contributed by atoms with Crippen molar-refractivity contribution in [2.24, 2.45) is 4.99 Å². The molecule has 3 N–H and O–H groups in total. The summed E-state index contributed by atoms with van der Waals surface area (Å²) in [5, 5.41) is 6.32. The van der Waals surface area contributed by atoms with Crippen molar-refractivity contribution in [2.45, 2.75) is 19.8 Å². The number of rotatable bonds is 9. The Balaban J connectivity index is 2.32. The van der Waals surface area contributed by atoms with Gasteiger partial charge in [-0.15, -0.1) is 0 Å². The third-order valence-electron chi connectivity index (χ3n) is 2.93. The smallest absolute Gasteiger partial charge is 0.208 e. The van der Waals surface area contributed by atoms with Crippen LogP contribution in [0, 0.1) is 5.82 Å². The predicted octanol–water partition coefficient (Wildman–Crippen LogP) is 0.863. The van der Waals surface area contributed by atoms with Gasteiger partial charge >= 0.3 is 0 Å². The molecule has 0 atom stereocenters. The number of hydrogen-bond donors (Lipinski definition) is 3. The molecule has 1 aromatic carbocycles. The lowest BCUT2D eigenvalue weighted by atomic mass is 10.1. The molecule has 0 saturated carbocycles. The molecular formula is C15H25FN4O2S. The monoisotopic (exact) mass is 344 g/mol. The predicted molar refractivity (Wildman–Crippen MR) is 91.5 cm³/mol. The highest BCUT2D eigenvalue weighted by molar-refractivity contribution is 7.88. The highest BCUT2D eigenvalue weighted by atomic mass is 32.2. The maximum absolute atomic E-state index is 12.8. The van der Waals surface area contributed by atoms with Gasteiger partial charge in [0, 0.05) is 26.2 Å². The normalized spacial score (nSPS) is 12.2. The standard InChI is InChI=1S/C15H25FN4O2S/c1-3-17-15(18-10-4-11-20-23(2,21)22)19-12-9-13-5-7-14(16)8-6-13/h5-8,20H,3-4,9-12H2,1-2H3,(H2,17,18,19). The number of nitrogens with one attached hydrogen (secondary N) is 3. The average Bonchev–Trinajstić information content (AvgIpc) is 2.47. The van der Waals surface area contributed by atoms with E-state index in [4.69, 9.17) is 0 Å². The van der Waals surface area contributed by atoms with Gasteiger partial charge in [-0.1, -0.05) is 12.1 Å². The maximum Gasteiger partial charge on any atom is 0.208 e. The summed E-state index contributed by atoms with van der Waals surface area (Å²) in [6, 6.07) is 6.42. The molecule has 6 nitrogen and oxygen atoms in total. The molecule has 8 heteroatoms. The fraction of sp³-hybridized carbons (Fsp3) is 0.533. The quantitative estimate of drug-likeness (QED) is 0.353. The van der Waals surface area contributed by atoms with Crippen LogP contribution in [-0.2, 0) is 16.4 Å². The van der Waals surface area contributed by atoms with E-state index in [0.717, 1.165) is 24.8 Å². The number of guanidine groups is 1. The number of aliphatic imine (C=N–C) groups is 1. The van der Waals surface area contributed by atoms with Crippen LogP contribution in [0.25, 0.3) is 0 Å². The van der Waals surface area contributed by atoms with Gasteiger partial charge in [-0.25, -0.2) is 17.5 Å². The van der Waals surface area contributed by atoms with Crippen molar-refractivity contribution in [2.75, 3.05) is 32.4 Å². The summed E-state index contributed by atoms with van der Waals surface area (Å²) in [7, 11) is -3.14. The molecule has 0 radical (unpaired) electrons. The summed E-state index contributed by atoms with van der Waals surface area (Å²) in [6.45, 7) is 4.29. The van der Waals surface area contributed by atoms with Crippen LogP contribution in [0.3, 0.4) is 0 Å². The van der Waals surface area contributed by atoms with Crippen molar-refractivity contribution in [3.8, 4) is 0 Å². The topological polar surface area (TPSA) is 82.6 Å². The first kappa shape index (κ1) is 19.4. The highest BCUT2D eigenvalue weighted by Crippen LogP contribution is 2.02. The summed E-state index contributed by atoms with van der Waals surface area (Å²) in [5.41, 5.74) is 1.05. The van der Waals surface area contributed by atoms with E-state index in [1.54, 1.807) is 12.1 Å². The molecular weight excluding hydrogens is 319 g/mol. The molecule has 0 aliphatic rings. The van der Waals surface area contributed by atoms with Crippen LogP contribution in [0.5, 0.6) is 0 Å². The van der Waals surface area contributed by atoms with E-state index in [1.165, 1.54) is 12.1 Å². The number of benzene rings is 1. The van der Waals surface area contributed by atoms with Crippen molar-refractivity contribution in [1.29, 1.82) is 0 Å². The lowest BCUT2D eigenvalue weighted by molar-refractivity contribution is 0.585. The van der Waals surface area contributed by atoms with Gasteiger partial charge in [0.15, 0.2) is 5.96 Å². The Bertz CT molecular complexity index is 588. The van der Waals surface area contributed by atoms with E-state index in [9.17, 15) is 12.8 Å². The zero-order valence-corrected chi connectivity index (χ0v) is 14.4. The van der Waals surface area contributed by atoms with Gasteiger partial charge in [-0.05, 0) is 37.5 Å². The second kappa shape index (κ2) is 10.2. The summed E-state index contributed by atoms with van der Waals surface area (Å²) in [4.78, 5) is 4.38. The van der Waals surface area contributed by atoms with Crippen LogP contribution in [0.4, 0.5) is 4.39 Å². The van der Waals surface area contributed by atoms with E-state index in [2.05, 4.69) is 20.3 Å². The second-order valence-electron chi connectivity index (χ2n) is 5.08. The fourth-order valence-corrected chi connectivity index (χ4v) is 2.36. The largest absolute Gasteiger partial charge is 0.357 e. The summed E-state index contributed by atoms with van der Waals surface area (Å²) in [6.07, 6.45) is 2.53. The Labute approximate surface area is 137 Å². The molecule has 23 heavy (non-hydrogen) atoms. The first-order valence-corrected chi connectivity index (χ1v) is 9.51. The lowest BCUT2D eigenvalue weighted by Crippen LogP contribution is -2.38. The highest BCUT2D eigenvalue weighted by Gasteiger charge is 2.00. The molecule has 1 rings (SSSR count). The number of halogens is 1. The van der Waals surface area contributed by atoms with E-state index in [0.29, 0.717) is 32.0 Å². The first-order chi connectivity index (χ1) is 10.9. The first-order valence-electron chi connectivity index (χ1n) is 7.62. The Morgan fingerprint density at radius 3 is 2.48 bits per heavy atom. The Kier molecular flexibility index (Phi) is 8.57. The molecule has 130 valence electrons. The summed E-state index contributed by atoms with van der Waals surface area (Å²) in [5.74, 6) is 0.452. The van der Waals surface area contributed by atoms with Gasteiger partial charge < -0.3 is 10.6 Å². The summed E-state index contributed by atoms with van der Waals surface area (Å²) >= 11 is 0. The van der Waals surface area contributed by atoms with Crippen LogP contribution in [0.1, 0.15) is 18.9 Å². The molecule has 0 heterocycles. The van der Waals surface area contributed by atoms with Crippen molar-refractivity contribution >= 4 is 16.0 Å². The van der Waals surface area contributed by atoms with Gasteiger partial charge in [-0.2, -0.15) is 0 Å². The molecule has 0 amide bonds. The molecule has 0 unspecified atom stereocenters. The minimum Gasteiger partial charge on any atom is -0.357 e. The Morgan fingerprint density at radius 2 is 1.87 bits per heavy atom. The fourth-order valence-electron chi connectivity index (χ4n) is 1.85. The number of sulfonamides is 1. The van der Waals surface area contributed by atoms with E-state index in [-0.39, 0.29) is 5.82 Å². The van der Waals surface area contributed by atoms with E-state index < -0.39 is 10.0 Å². The molecule has 0 aliphatic carbocycles. The third-order valence-corrected chi connectivity index (χ3v) is 3.66. The lowest BCUT2D eigenvalue weighted by Gasteiger charge is -2.11. The van der Waals surface area contributed by atoms with E-state index >= 15 is 0 Å². The second-order valence-corrected chi connectivity index (χ2v) is 6.92. The van der Waals surface area contributed by atoms with Gasteiger partial charge in [-0.3, -0.25) is 4.99 Å². The van der Waals surface area contributed by atoms with Gasteiger partial charge in [0.25, 0.3) is 0 Å². The Morgan fingerprint density at radius 1 is 1.17 bits per heavy atom. The minimum atomic E-state index is -3.14. The van der Waals surface area contributed by atoms with Crippen molar-refractivity contribution in [1.82, 2.24) is 15.4 Å². The van der Waals surface area contributed by atoms with Crippen LogP contribution in [0.15, 0.2) is 29.3 Å². The molecule has 0 spiro atoms. The zero-order valence-electron chi connectivity index (χ0n) is 13.6. The molecule has 0 aromatic heterocycles. The van der Waals surface area contributed by atoms with Crippen molar-refractivity contribution < 1.29 is 12.8 Å². The molecule has 0 fully saturated rings. The van der Waals surface area contributed by atoms with Gasteiger partial charge in [0.2, 0.25) is 10.0 Å². The number of hydrogen-bond acceptors (Lipinski definition) is 3. The van der Waals surface area contributed by atoms with Crippen LogP contribution in [0.2, 0.25) is 0 Å². The van der Waals surface area contributed by atoms with Crippen molar-refractivity contribution in [3.63, 3.8) is 0 Å². The molecule has 0 saturated heterocycles. The van der Waals surface area contributed by atoms with Gasteiger partial charge in [0.05, 0.1) is 6.26 Å². The van der Waals surface area contributed by atoms with Crippen LogP contribution in [-0.4, -0.2) is 46.8 Å². The summed E-state index contributed by atoms with van der Waals surface area (Å²) < 4.78 is 37.1. The molecule has 0 bridgehead atoms. The molecule has 0 aliphatic heterocycles. The average molecular weight is 344 g/mol. The third kappa shape index (κ3) is 9.85. The van der Waals surface area contributed by atoms with Crippen LogP contribution < -0.4 is 15.4 Å². The van der Waals surface area contributed by atoms with E-state index in [1.807, 2.05) is 6.92 Å². The SMILES string of the molecule is CCNC(=NCCCNS(C)(=O)=O)NCCc1ccc(F)cc1. The van der Waals surface area contributed by atoms with Gasteiger partial charge in [0.1, 0.15) is 5.82 Å². The number of nitrogens with zero attached hydrogens (tertiary/aromatic N) is 1.